The van der Waals surface area contributed by atoms with E-state index in [9.17, 15) is 19.5 Å². The molecule has 1 aliphatic carbocycles. The standard InChI is InChI=1S/C14H25N3O4/c1-9-5-4-6-14(7-9,11(19)20)17-12(21)16-8-13(2,3)10(15)18/h9H,4-8H2,1-3H3,(H2,15,18)(H,19,20)(H2,16,17,21). The summed E-state index contributed by atoms with van der Waals surface area (Å²) in [6.45, 7) is 5.27. The zero-order chi connectivity index (χ0) is 16.3. The zero-order valence-electron chi connectivity index (χ0n) is 12.9. The minimum atomic E-state index is -1.22. The fourth-order valence-corrected chi connectivity index (χ4v) is 2.56. The molecule has 21 heavy (non-hydrogen) atoms. The maximum absolute atomic E-state index is 12.0. The second kappa shape index (κ2) is 6.32. The predicted molar refractivity (Wildman–Crippen MR) is 77.5 cm³/mol. The van der Waals surface area contributed by atoms with Gasteiger partial charge in [-0.15, -0.1) is 0 Å². The molecule has 2 atom stereocenters. The fraction of sp³-hybridized carbons (Fsp3) is 0.786. The van der Waals surface area contributed by atoms with E-state index in [-0.39, 0.29) is 12.5 Å². The molecule has 1 fully saturated rings. The normalized spacial score (nSPS) is 26.0. The summed E-state index contributed by atoms with van der Waals surface area (Å²) in [6.07, 6.45) is 2.56. The average molecular weight is 299 g/mol. The Kier molecular flexibility index (Phi) is 5.20. The number of rotatable bonds is 5. The third-order valence-electron chi connectivity index (χ3n) is 4.12. The van der Waals surface area contributed by atoms with Crippen molar-refractivity contribution >= 4 is 17.9 Å². The highest BCUT2D eigenvalue weighted by Gasteiger charge is 2.43. The van der Waals surface area contributed by atoms with E-state index in [0.29, 0.717) is 12.8 Å². The second-order valence-corrected chi connectivity index (χ2v) is 6.64. The molecule has 2 unspecified atom stereocenters. The van der Waals surface area contributed by atoms with Gasteiger partial charge in [0.15, 0.2) is 0 Å². The molecule has 0 bridgehead atoms. The molecule has 3 amide bonds. The molecule has 7 heteroatoms. The summed E-state index contributed by atoms with van der Waals surface area (Å²) in [6, 6.07) is -0.583. The van der Waals surface area contributed by atoms with Crippen LogP contribution >= 0.6 is 0 Å². The monoisotopic (exact) mass is 299 g/mol. The predicted octanol–water partition coefficient (Wildman–Crippen LogP) is 0.831. The van der Waals surface area contributed by atoms with Crippen LogP contribution in [-0.2, 0) is 9.59 Å². The van der Waals surface area contributed by atoms with Crippen LogP contribution in [0, 0.1) is 11.3 Å². The van der Waals surface area contributed by atoms with Crippen LogP contribution in [0.4, 0.5) is 4.79 Å². The quantitative estimate of drug-likeness (QED) is 0.600. The molecule has 1 aliphatic rings. The summed E-state index contributed by atoms with van der Waals surface area (Å²) >= 11 is 0. The molecule has 0 radical (unpaired) electrons. The van der Waals surface area contributed by atoms with Crippen LogP contribution < -0.4 is 16.4 Å². The van der Waals surface area contributed by atoms with Crippen molar-refractivity contribution in [1.82, 2.24) is 10.6 Å². The Morgan fingerprint density at radius 2 is 2.00 bits per heavy atom. The van der Waals surface area contributed by atoms with Gasteiger partial charge in [-0.3, -0.25) is 4.79 Å². The number of aliphatic carboxylic acids is 1. The third-order valence-corrected chi connectivity index (χ3v) is 4.12. The Balaban J connectivity index is 2.66. The molecule has 0 spiro atoms. The number of primary amides is 1. The van der Waals surface area contributed by atoms with Crippen LogP contribution in [-0.4, -0.2) is 35.1 Å². The number of carbonyl (C=O) groups is 3. The molecule has 0 aromatic rings. The van der Waals surface area contributed by atoms with Gasteiger partial charge in [-0.1, -0.05) is 19.8 Å². The summed E-state index contributed by atoms with van der Waals surface area (Å²) in [4.78, 5) is 34.7. The van der Waals surface area contributed by atoms with E-state index in [1.54, 1.807) is 13.8 Å². The van der Waals surface area contributed by atoms with E-state index in [0.717, 1.165) is 12.8 Å². The van der Waals surface area contributed by atoms with Gasteiger partial charge in [0.1, 0.15) is 5.54 Å². The highest BCUT2D eigenvalue weighted by Crippen LogP contribution is 2.32. The van der Waals surface area contributed by atoms with Gasteiger partial charge < -0.3 is 21.5 Å². The lowest BCUT2D eigenvalue weighted by molar-refractivity contribution is -0.146. The largest absolute Gasteiger partial charge is 0.480 e. The highest BCUT2D eigenvalue weighted by atomic mass is 16.4. The lowest BCUT2D eigenvalue weighted by Gasteiger charge is -2.37. The van der Waals surface area contributed by atoms with Crippen LogP contribution in [0.1, 0.15) is 46.5 Å². The van der Waals surface area contributed by atoms with Gasteiger partial charge in [0.2, 0.25) is 5.91 Å². The van der Waals surface area contributed by atoms with E-state index in [1.165, 1.54) is 0 Å². The van der Waals surface area contributed by atoms with Crippen molar-refractivity contribution in [2.24, 2.45) is 17.1 Å². The lowest BCUT2D eigenvalue weighted by Crippen LogP contribution is -2.60. The topological polar surface area (TPSA) is 122 Å². The molecule has 5 N–H and O–H groups in total. The number of carbonyl (C=O) groups excluding carboxylic acids is 2. The lowest BCUT2D eigenvalue weighted by atomic mass is 9.76. The van der Waals surface area contributed by atoms with Crippen LogP contribution in [0.5, 0.6) is 0 Å². The molecular weight excluding hydrogens is 274 g/mol. The van der Waals surface area contributed by atoms with E-state index in [1.807, 2.05) is 6.92 Å². The number of urea groups is 1. The molecule has 0 saturated heterocycles. The number of hydrogen-bond donors (Lipinski definition) is 4. The van der Waals surface area contributed by atoms with Gasteiger partial charge in [-0.25, -0.2) is 9.59 Å². The Morgan fingerprint density at radius 3 is 2.48 bits per heavy atom. The Bertz CT molecular complexity index is 436. The van der Waals surface area contributed by atoms with Crippen LogP contribution in [0.15, 0.2) is 0 Å². The van der Waals surface area contributed by atoms with Crippen molar-refractivity contribution < 1.29 is 19.5 Å². The van der Waals surface area contributed by atoms with Gasteiger partial charge in [0.05, 0.1) is 5.41 Å². The van der Waals surface area contributed by atoms with Crippen molar-refractivity contribution in [2.45, 2.75) is 52.0 Å². The number of carboxylic acids is 1. The fourth-order valence-electron chi connectivity index (χ4n) is 2.56. The minimum Gasteiger partial charge on any atom is -0.480 e. The van der Waals surface area contributed by atoms with Crippen LogP contribution in [0.25, 0.3) is 0 Å². The van der Waals surface area contributed by atoms with Gasteiger partial charge in [0.25, 0.3) is 0 Å². The van der Waals surface area contributed by atoms with Crippen LogP contribution in [0.3, 0.4) is 0 Å². The number of hydrogen-bond acceptors (Lipinski definition) is 3. The number of nitrogens with one attached hydrogen (secondary N) is 2. The van der Waals surface area contributed by atoms with Gasteiger partial charge >= 0.3 is 12.0 Å². The maximum Gasteiger partial charge on any atom is 0.329 e. The Hall–Kier alpha value is -1.79. The van der Waals surface area contributed by atoms with Crippen LogP contribution in [0.2, 0.25) is 0 Å². The van der Waals surface area contributed by atoms with E-state index in [2.05, 4.69) is 10.6 Å². The molecule has 1 rings (SSSR count). The van der Waals surface area contributed by atoms with E-state index in [4.69, 9.17) is 5.73 Å². The van der Waals surface area contributed by atoms with E-state index < -0.39 is 28.9 Å². The first-order chi connectivity index (χ1) is 9.59. The SMILES string of the molecule is CC1CCCC(NC(=O)NCC(C)(C)C(N)=O)(C(=O)O)C1. The maximum atomic E-state index is 12.0. The van der Waals surface area contributed by atoms with Crippen molar-refractivity contribution in [1.29, 1.82) is 0 Å². The van der Waals surface area contributed by atoms with Crippen molar-refractivity contribution in [3.05, 3.63) is 0 Å². The van der Waals surface area contributed by atoms with E-state index >= 15 is 0 Å². The highest BCUT2D eigenvalue weighted by molar-refractivity contribution is 5.87. The molecule has 0 aromatic heterocycles. The summed E-state index contributed by atoms with van der Waals surface area (Å²) in [7, 11) is 0. The molecule has 7 nitrogen and oxygen atoms in total. The Morgan fingerprint density at radius 1 is 1.38 bits per heavy atom. The number of nitrogens with two attached hydrogens (primary N) is 1. The molecule has 1 saturated carbocycles. The molecule has 0 aromatic carbocycles. The molecule has 0 heterocycles. The smallest absolute Gasteiger partial charge is 0.329 e. The van der Waals surface area contributed by atoms with Gasteiger partial charge in [0, 0.05) is 6.54 Å². The Labute approximate surface area is 124 Å². The van der Waals surface area contributed by atoms with Crippen molar-refractivity contribution in [2.75, 3.05) is 6.54 Å². The first-order valence-corrected chi connectivity index (χ1v) is 7.18. The first kappa shape index (κ1) is 17.3. The van der Waals surface area contributed by atoms with Gasteiger partial charge in [-0.05, 0) is 32.6 Å². The third kappa shape index (κ3) is 4.34. The summed E-state index contributed by atoms with van der Waals surface area (Å²) < 4.78 is 0. The summed E-state index contributed by atoms with van der Waals surface area (Å²) in [5.41, 5.74) is 3.12. The van der Waals surface area contributed by atoms with Crippen molar-refractivity contribution in [3.8, 4) is 0 Å². The first-order valence-electron chi connectivity index (χ1n) is 7.18. The number of carboxylic acid groups (broad SMARTS) is 1. The summed E-state index contributed by atoms with van der Waals surface area (Å²) in [5.74, 6) is -1.29. The summed E-state index contributed by atoms with van der Waals surface area (Å²) in [5, 5.41) is 14.6. The second-order valence-electron chi connectivity index (χ2n) is 6.64. The number of amides is 3. The molecule has 120 valence electrons. The minimum absolute atomic E-state index is 0.0550. The molecule has 0 aliphatic heterocycles. The molecular formula is C14H25N3O4. The van der Waals surface area contributed by atoms with Gasteiger partial charge in [-0.2, -0.15) is 0 Å². The zero-order valence-corrected chi connectivity index (χ0v) is 12.9. The average Bonchev–Trinajstić information content (AvgIpc) is 2.36. The van der Waals surface area contributed by atoms with Crippen molar-refractivity contribution in [3.63, 3.8) is 0 Å².